The Bertz CT molecular complexity index is 697. The molecule has 0 spiro atoms. The van der Waals surface area contributed by atoms with E-state index < -0.39 is 10.0 Å². The molecule has 1 aliphatic heterocycles. The second kappa shape index (κ2) is 8.51. The molecule has 29 heavy (non-hydrogen) atoms. The van der Waals surface area contributed by atoms with Crippen molar-refractivity contribution in [3.05, 3.63) is 0 Å². The Morgan fingerprint density at radius 3 is 2.10 bits per heavy atom. The lowest BCUT2D eigenvalue weighted by atomic mass is 9.49. The molecule has 0 aromatic heterocycles. The number of amides is 2. The number of hydrogen-bond acceptors (Lipinski definition) is 5. The van der Waals surface area contributed by atoms with Crippen molar-refractivity contribution in [2.75, 3.05) is 45.1 Å². The van der Waals surface area contributed by atoms with Gasteiger partial charge in [0.25, 0.3) is 0 Å². The van der Waals surface area contributed by atoms with Crippen molar-refractivity contribution in [2.24, 2.45) is 23.2 Å². The molecule has 2 amide bonds. The zero-order valence-corrected chi connectivity index (χ0v) is 17.8. The molecule has 0 radical (unpaired) electrons. The maximum absolute atomic E-state index is 12.9. The largest absolute Gasteiger partial charge is 0.379 e. The Labute approximate surface area is 173 Å². The summed E-state index contributed by atoms with van der Waals surface area (Å²) in [4.78, 5) is 24.9. The van der Waals surface area contributed by atoms with Crippen molar-refractivity contribution in [3.63, 3.8) is 0 Å². The first kappa shape index (κ1) is 21.1. The molecule has 8 nitrogen and oxygen atoms in total. The lowest BCUT2D eigenvalue weighted by Crippen LogP contribution is -2.53. The maximum Gasteiger partial charge on any atom is 0.226 e. The smallest absolute Gasteiger partial charge is 0.226 e. The van der Waals surface area contributed by atoms with E-state index in [-0.39, 0.29) is 35.9 Å². The molecule has 4 bridgehead atoms. The minimum absolute atomic E-state index is 0.0848. The second-order valence-corrected chi connectivity index (χ2v) is 11.5. The van der Waals surface area contributed by atoms with Crippen LogP contribution in [-0.2, 0) is 24.3 Å². The lowest BCUT2D eigenvalue weighted by Gasteiger charge is -2.55. The first-order valence-corrected chi connectivity index (χ1v) is 12.6. The van der Waals surface area contributed by atoms with Gasteiger partial charge in [0.1, 0.15) is 0 Å². The summed E-state index contributed by atoms with van der Waals surface area (Å²) in [6.45, 7) is 1.95. The Balaban J connectivity index is 1.15. The number of carbonyl (C=O) groups excluding carboxylic acids is 2. The van der Waals surface area contributed by atoms with E-state index in [4.69, 9.17) is 4.74 Å². The number of ether oxygens (including phenoxy) is 1. The molecule has 5 aliphatic rings. The fraction of sp³-hybridized carbons (Fsp3) is 0.900. The third-order valence-corrected chi connectivity index (χ3v) is 9.08. The predicted molar refractivity (Wildman–Crippen MR) is 107 cm³/mol. The van der Waals surface area contributed by atoms with Crippen LogP contribution in [0.5, 0.6) is 0 Å². The Kier molecular flexibility index (Phi) is 6.18. The van der Waals surface area contributed by atoms with Crippen LogP contribution in [0.2, 0.25) is 0 Å². The van der Waals surface area contributed by atoms with E-state index in [1.165, 1.54) is 23.6 Å². The lowest BCUT2D eigenvalue weighted by molar-refractivity contribution is -0.146. The third kappa shape index (κ3) is 4.77. The molecular formula is C20H33N3O5S. The molecule has 0 atom stereocenters. The minimum atomic E-state index is -3.37. The minimum Gasteiger partial charge on any atom is -0.379 e. The zero-order chi connectivity index (χ0) is 20.5. The standard InChI is InChI=1S/C20H33N3O5S/c24-18(21-3-8-29(26,27)23-4-6-28-7-5-23)1-2-22-19(25)20-12-15-9-16(13-20)11-17(10-15)14-20/h15-17H,1-14H2,(H,21,24)(H,22,25). The van der Waals surface area contributed by atoms with Crippen molar-refractivity contribution in [3.8, 4) is 0 Å². The summed E-state index contributed by atoms with van der Waals surface area (Å²) < 4.78 is 31.1. The van der Waals surface area contributed by atoms with E-state index >= 15 is 0 Å². The van der Waals surface area contributed by atoms with Crippen LogP contribution in [0.25, 0.3) is 0 Å². The molecule has 164 valence electrons. The molecule has 0 aromatic carbocycles. The van der Waals surface area contributed by atoms with Crippen LogP contribution in [0, 0.1) is 23.2 Å². The normalized spacial score (nSPS) is 34.1. The van der Waals surface area contributed by atoms with Crippen molar-refractivity contribution in [1.29, 1.82) is 0 Å². The average Bonchev–Trinajstić information content (AvgIpc) is 2.67. The molecule has 0 unspecified atom stereocenters. The average molecular weight is 428 g/mol. The molecular weight excluding hydrogens is 394 g/mol. The van der Waals surface area contributed by atoms with Crippen molar-refractivity contribution < 1.29 is 22.7 Å². The molecule has 2 N–H and O–H groups in total. The summed E-state index contributed by atoms with van der Waals surface area (Å²) in [5.74, 6) is 1.92. The fourth-order valence-corrected chi connectivity index (χ4v) is 7.55. The van der Waals surface area contributed by atoms with E-state index in [1.54, 1.807) is 0 Å². The fourth-order valence-electron chi connectivity index (χ4n) is 6.23. The van der Waals surface area contributed by atoms with Crippen LogP contribution in [0.1, 0.15) is 44.9 Å². The van der Waals surface area contributed by atoms with Crippen LogP contribution >= 0.6 is 0 Å². The van der Waals surface area contributed by atoms with Gasteiger partial charge in [-0.25, -0.2) is 8.42 Å². The molecule has 4 saturated carbocycles. The van der Waals surface area contributed by atoms with E-state index in [9.17, 15) is 18.0 Å². The highest BCUT2D eigenvalue weighted by Crippen LogP contribution is 2.60. The number of carbonyl (C=O) groups is 2. The monoisotopic (exact) mass is 427 g/mol. The van der Waals surface area contributed by atoms with Crippen LogP contribution < -0.4 is 10.6 Å². The second-order valence-electron chi connectivity index (χ2n) is 9.38. The highest BCUT2D eigenvalue weighted by molar-refractivity contribution is 7.89. The van der Waals surface area contributed by atoms with Crippen molar-refractivity contribution >= 4 is 21.8 Å². The molecule has 1 heterocycles. The van der Waals surface area contributed by atoms with Crippen LogP contribution in [-0.4, -0.2) is 69.7 Å². The molecule has 9 heteroatoms. The number of morpholine rings is 1. The molecule has 5 rings (SSSR count). The molecule has 5 fully saturated rings. The summed E-state index contributed by atoms with van der Waals surface area (Å²) in [6.07, 6.45) is 7.09. The maximum atomic E-state index is 12.9. The van der Waals surface area contributed by atoms with Gasteiger partial charge in [-0.2, -0.15) is 4.31 Å². The van der Waals surface area contributed by atoms with E-state index in [0.717, 1.165) is 19.3 Å². The number of sulfonamides is 1. The van der Waals surface area contributed by atoms with Gasteiger partial charge in [0.15, 0.2) is 0 Å². The van der Waals surface area contributed by atoms with Gasteiger partial charge in [0.2, 0.25) is 21.8 Å². The van der Waals surface area contributed by atoms with Gasteiger partial charge in [-0.1, -0.05) is 0 Å². The van der Waals surface area contributed by atoms with Gasteiger partial charge >= 0.3 is 0 Å². The number of nitrogens with one attached hydrogen (secondary N) is 2. The van der Waals surface area contributed by atoms with Crippen molar-refractivity contribution in [2.45, 2.75) is 44.9 Å². The summed E-state index contributed by atoms with van der Waals surface area (Å²) in [5, 5.41) is 5.65. The Morgan fingerprint density at radius 2 is 1.52 bits per heavy atom. The highest BCUT2D eigenvalue weighted by atomic mass is 32.2. The van der Waals surface area contributed by atoms with Crippen LogP contribution in [0.3, 0.4) is 0 Å². The quantitative estimate of drug-likeness (QED) is 0.587. The summed E-state index contributed by atoms with van der Waals surface area (Å²) >= 11 is 0. The van der Waals surface area contributed by atoms with Gasteiger partial charge in [0, 0.05) is 38.0 Å². The SMILES string of the molecule is O=C(CCNC(=O)C12CC3CC(CC(C3)C1)C2)NCCS(=O)(=O)N1CCOCC1. The Morgan fingerprint density at radius 1 is 0.931 bits per heavy atom. The van der Waals surface area contributed by atoms with Gasteiger partial charge in [-0.15, -0.1) is 0 Å². The van der Waals surface area contributed by atoms with E-state index in [1.807, 2.05) is 0 Å². The van der Waals surface area contributed by atoms with Gasteiger partial charge in [-0.3, -0.25) is 9.59 Å². The number of hydrogen-bond donors (Lipinski definition) is 2. The van der Waals surface area contributed by atoms with Gasteiger partial charge in [0.05, 0.1) is 19.0 Å². The summed E-state index contributed by atoms with van der Waals surface area (Å²) in [7, 11) is -3.37. The molecule has 4 aliphatic carbocycles. The first-order chi connectivity index (χ1) is 13.9. The van der Waals surface area contributed by atoms with Gasteiger partial charge < -0.3 is 15.4 Å². The van der Waals surface area contributed by atoms with Crippen LogP contribution in [0.15, 0.2) is 0 Å². The van der Waals surface area contributed by atoms with Crippen LogP contribution in [0.4, 0.5) is 0 Å². The third-order valence-electron chi connectivity index (χ3n) is 7.20. The summed E-state index contributed by atoms with van der Waals surface area (Å²) in [5.41, 5.74) is -0.197. The zero-order valence-electron chi connectivity index (χ0n) is 17.0. The highest BCUT2D eigenvalue weighted by Gasteiger charge is 2.54. The molecule has 1 saturated heterocycles. The first-order valence-electron chi connectivity index (χ1n) is 11.0. The Hall–Kier alpha value is -1.19. The number of nitrogens with zero attached hydrogens (tertiary/aromatic N) is 1. The topological polar surface area (TPSA) is 105 Å². The van der Waals surface area contributed by atoms with Gasteiger partial charge in [-0.05, 0) is 56.3 Å². The predicted octanol–water partition coefficient (Wildman–Crippen LogP) is 0.487. The van der Waals surface area contributed by atoms with E-state index in [2.05, 4.69) is 10.6 Å². The van der Waals surface area contributed by atoms with E-state index in [0.29, 0.717) is 50.6 Å². The molecule has 0 aromatic rings. The number of rotatable bonds is 8. The summed E-state index contributed by atoms with van der Waals surface area (Å²) in [6, 6.07) is 0. The van der Waals surface area contributed by atoms with Crippen molar-refractivity contribution in [1.82, 2.24) is 14.9 Å².